The summed E-state index contributed by atoms with van der Waals surface area (Å²) >= 11 is 14.9. The third-order valence-corrected chi connectivity index (χ3v) is 3.56. The van der Waals surface area contributed by atoms with Crippen LogP contribution in [-0.4, -0.2) is 9.91 Å². The largest absolute Gasteiger partial charge is 0.431 e. The first-order chi connectivity index (χ1) is 9.38. The minimum atomic E-state index is -0.592. The van der Waals surface area contributed by atoms with Crippen LogP contribution in [0.1, 0.15) is 5.56 Å². The van der Waals surface area contributed by atoms with Gasteiger partial charge in [-0.3, -0.25) is 10.1 Å². The number of pyridine rings is 1. The molecule has 0 atom stereocenters. The second-order valence-electron chi connectivity index (χ2n) is 3.87. The van der Waals surface area contributed by atoms with Gasteiger partial charge >= 0.3 is 5.69 Å². The quantitative estimate of drug-likeness (QED) is 0.547. The van der Waals surface area contributed by atoms with E-state index in [0.29, 0.717) is 0 Å². The molecule has 5 nitrogen and oxygen atoms in total. The van der Waals surface area contributed by atoms with Crippen molar-refractivity contribution in [3.05, 3.63) is 54.6 Å². The van der Waals surface area contributed by atoms with Crippen LogP contribution in [0.15, 0.2) is 28.9 Å². The van der Waals surface area contributed by atoms with Crippen LogP contribution in [0.3, 0.4) is 0 Å². The Balaban J connectivity index is 2.47. The number of nitro benzene ring substituents is 1. The highest BCUT2D eigenvalue weighted by Gasteiger charge is 2.20. The molecule has 1 heterocycles. The summed E-state index contributed by atoms with van der Waals surface area (Å²) in [5, 5.41) is 11.3. The summed E-state index contributed by atoms with van der Waals surface area (Å²) < 4.78 is 6.26. The number of rotatable bonds is 3. The first kappa shape index (κ1) is 15.0. The van der Waals surface area contributed by atoms with Gasteiger partial charge in [-0.25, -0.2) is 4.98 Å². The fourth-order valence-electron chi connectivity index (χ4n) is 1.48. The number of ether oxygens (including phenoxy) is 1. The Kier molecular flexibility index (Phi) is 4.47. The summed E-state index contributed by atoms with van der Waals surface area (Å²) in [6.07, 6.45) is 1.53. The van der Waals surface area contributed by atoms with Crippen molar-refractivity contribution in [1.82, 2.24) is 4.98 Å². The Hall–Kier alpha value is -1.37. The molecule has 0 saturated heterocycles. The molecule has 0 bridgehead atoms. The molecule has 0 aliphatic heterocycles. The first-order valence-electron chi connectivity index (χ1n) is 5.32. The van der Waals surface area contributed by atoms with E-state index in [0.717, 1.165) is 16.1 Å². The van der Waals surface area contributed by atoms with Crippen LogP contribution in [0.2, 0.25) is 10.0 Å². The molecule has 0 fully saturated rings. The number of benzene rings is 1. The third-order valence-electron chi connectivity index (χ3n) is 2.40. The van der Waals surface area contributed by atoms with Gasteiger partial charge in [0.2, 0.25) is 11.6 Å². The first-order valence-corrected chi connectivity index (χ1v) is 6.87. The van der Waals surface area contributed by atoms with Crippen molar-refractivity contribution < 1.29 is 9.66 Å². The van der Waals surface area contributed by atoms with E-state index in [-0.39, 0.29) is 27.4 Å². The standard InChI is InChI=1S/C12H7BrCl2N2O3/c1-6-2-7(13)5-16-12(6)20-11-4-9(15)8(14)3-10(11)17(18)19/h2-5H,1H3. The molecule has 1 aromatic heterocycles. The highest BCUT2D eigenvalue weighted by Crippen LogP contribution is 2.38. The number of aromatic nitrogens is 1. The fourth-order valence-corrected chi connectivity index (χ4v) is 2.24. The molecular formula is C12H7BrCl2N2O3. The van der Waals surface area contributed by atoms with Gasteiger partial charge in [-0.15, -0.1) is 0 Å². The van der Waals surface area contributed by atoms with Gasteiger partial charge in [0.1, 0.15) is 0 Å². The van der Waals surface area contributed by atoms with Crippen molar-refractivity contribution >= 4 is 44.8 Å². The highest BCUT2D eigenvalue weighted by atomic mass is 79.9. The van der Waals surface area contributed by atoms with Crippen LogP contribution < -0.4 is 4.74 Å². The van der Waals surface area contributed by atoms with E-state index in [1.54, 1.807) is 13.0 Å². The zero-order chi connectivity index (χ0) is 14.9. The summed E-state index contributed by atoms with van der Waals surface area (Å²) in [4.78, 5) is 14.5. The topological polar surface area (TPSA) is 65.3 Å². The Morgan fingerprint density at radius 2 is 1.95 bits per heavy atom. The molecule has 0 amide bonds. The summed E-state index contributed by atoms with van der Waals surface area (Å²) in [6, 6.07) is 4.23. The third kappa shape index (κ3) is 3.20. The molecule has 8 heteroatoms. The molecule has 2 rings (SSSR count). The molecule has 0 spiro atoms. The summed E-state index contributed by atoms with van der Waals surface area (Å²) in [7, 11) is 0. The Morgan fingerprint density at radius 3 is 2.55 bits per heavy atom. The molecule has 0 N–H and O–H groups in total. The highest BCUT2D eigenvalue weighted by molar-refractivity contribution is 9.10. The van der Waals surface area contributed by atoms with E-state index < -0.39 is 4.92 Å². The smallest absolute Gasteiger partial charge is 0.313 e. The van der Waals surface area contributed by atoms with Crippen molar-refractivity contribution in [2.24, 2.45) is 0 Å². The van der Waals surface area contributed by atoms with Crippen molar-refractivity contribution in [2.75, 3.05) is 0 Å². The van der Waals surface area contributed by atoms with Crippen molar-refractivity contribution in [3.63, 3.8) is 0 Å². The van der Waals surface area contributed by atoms with Crippen LogP contribution in [0.25, 0.3) is 0 Å². The number of halogens is 3. The minimum Gasteiger partial charge on any atom is -0.431 e. The summed E-state index contributed by atoms with van der Waals surface area (Å²) in [5.74, 6) is 0.247. The molecule has 0 aliphatic carbocycles. The van der Waals surface area contributed by atoms with Gasteiger partial charge in [0.05, 0.1) is 15.0 Å². The van der Waals surface area contributed by atoms with Crippen LogP contribution in [0.4, 0.5) is 5.69 Å². The minimum absolute atomic E-state index is 0.0117. The van der Waals surface area contributed by atoms with Gasteiger partial charge in [-0.1, -0.05) is 23.2 Å². The average molecular weight is 378 g/mol. The molecule has 2 aromatic rings. The number of hydrogen-bond donors (Lipinski definition) is 0. The number of nitro groups is 1. The monoisotopic (exact) mass is 376 g/mol. The normalized spacial score (nSPS) is 10.4. The van der Waals surface area contributed by atoms with E-state index in [1.165, 1.54) is 12.3 Å². The van der Waals surface area contributed by atoms with Crippen LogP contribution in [-0.2, 0) is 0 Å². The summed E-state index contributed by atoms with van der Waals surface area (Å²) in [5.41, 5.74) is 0.447. The van der Waals surface area contributed by atoms with Gasteiger partial charge in [0.25, 0.3) is 0 Å². The van der Waals surface area contributed by atoms with Gasteiger partial charge in [0.15, 0.2) is 0 Å². The molecule has 0 saturated carbocycles. The lowest BCUT2D eigenvalue weighted by Crippen LogP contribution is -1.96. The lowest BCUT2D eigenvalue weighted by molar-refractivity contribution is -0.385. The van der Waals surface area contributed by atoms with Gasteiger partial charge in [-0.2, -0.15) is 0 Å². The maximum atomic E-state index is 11.0. The lowest BCUT2D eigenvalue weighted by atomic mass is 10.3. The molecule has 20 heavy (non-hydrogen) atoms. The molecule has 1 aromatic carbocycles. The zero-order valence-electron chi connectivity index (χ0n) is 10.1. The molecule has 0 aliphatic rings. The summed E-state index contributed by atoms with van der Waals surface area (Å²) in [6.45, 7) is 1.77. The van der Waals surface area contributed by atoms with Crippen LogP contribution in [0.5, 0.6) is 11.6 Å². The number of hydrogen-bond acceptors (Lipinski definition) is 4. The predicted molar refractivity (Wildman–Crippen MR) is 79.9 cm³/mol. The Labute approximate surface area is 132 Å². The second kappa shape index (κ2) is 5.95. The van der Waals surface area contributed by atoms with E-state index in [2.05, 4.69) is 20.9 Å². The van der Waals surface area contributed by atoms with Crippen molar-refractivity contribution in [3.8, 4) is 11.6 Å². The Morgan fingerprint density at radius 1 is 1.30 bits per heavy atom. The number of aryl methyl sites for hydroxylation is 1. The zero-order valence-corrected chi connectivity index (χ0v) is 13.2. The Bertz CT molecular complexity index is 695. The second-order valence-corrected chi connectivity index (χ2v) is 5.60. The maximum absolute atomic E-state index is 11.0. The van der Waals surface area contributed by atoms with E-state index in [4.69, 9.17) is 27.9 Å². The van der Waals surface area contributed by atoms with Crippen molar-refractivity contribution in [1.29, 1.82) is 0 Å². The van der Waals surface area contributed by atoms with E-state index in [9.17, 15) is 10.1 Å². The maximum Gasteiger partial charge on any atom is 0.313 e. The van der Waals surface area contributed by atoms with E-state index >= 15 is 0 Å². The average Bonchev–Trinajstić information content (AvgIpc) is 2.36. The molecular weight excluding hydrogens is 371 g/mol. The van der Waals surface area contributed by atoms with Crippen molar-refractivity contribution in [2.45, 2.75) is 6.92 Å². The molecule has 0 radical (unpaired) electrons. The molecule has 0 unspecified atom stereocenters. The van der Waals surface area contributed by atoms with Gasteiger partial charge in [0, 0.05) is 28.4 Å². The predicted octanol–water partition coefficient (Wildman–Crippen LogP) is 5.16. The van der Waals surface area contributed by atoms with Crippen LogP contribution in [0, 0.1) is 17.0 Å². The van der Waals surface area contributed by atoms with Gasteiger partial charge in [-0.05, 0) is 28.9 Å². The van der Waals surface area contributed by atoms with E-state index in [1.807, 2.05) is 0 Å². The fraction of sp³-hybridized carbons (Fsp3) is 0.0833. The molecule has 104 valence electrons. The SMILES string of the molecule is Cc1cc(Br)cnc1Oc1cc(Cl)c(Cl)cc1[N+](=O)[O-]. The van der Waals surface area contributed by atoms with Crippen LogP contribution >= 0.6 is 39.1 Å². The lowest BCUT2D eigenvalue weighted by Gasteiger charge is -2.09. The number of nitrogens with zero attached hydrogens (tertiary/aromatic N) is 2. The van der Waals surface area contributed by atoms with Gasteiger partial charge < -0.3 is 4.74 Å².